The van der Waals surface area contributed by atoms with Gasteiger partial charge in [0.2, 0.25) is 10.0 Å². The highest BCUT2D eigenvalue weighted by Gasteiger charge is 2.25. The van der Waals surface area contributed by atoms with E-state index >= 15 is 0 Å². The molecular weight excluding hydrogens is 388 g/mol. The molecule has 7 heteroatoms. The van der Waals surface area contributed by atoms with Gasteiger partial charge in [0.15, 0.2) is 0 Å². The van der Waals surface area contributed by atoms with E-state index in [-0.39, 0.29) is 10.8 Å². The van der Waals surface area contributed by atoms with Crippen molar-refractivity contribution in [1.82, 2.24) is 9.21 Å². The van der Waals surface area contributed by atoms with Crippen molar-refractivity contribution >= 4 is 15.9 Å². The quantitative estimate of drug-likeness (QED) is 0.723. The molecule has 0 N–H and O–H groups in total. The van der Waals surface area contributed by atoms with Gasteiger partial charge in [-0.15, -0.1) is 0 Å². The maximum atomic E-state index is 12.9. The molecule has 0 unspecified atom stereocenters. The minimum Gasteiger partial charge on any atom is -0.497 e. The second-order valence-electron chi connectivity index (χ2n) is 7.35. The van der Waals surface area contributed by atoms with Crippen molar-refractivity contribution in [2.24, 2.45) is 0 Å². The van der Waals surface area contributed by atoms with Crippen molar-refractivity contribution in [3.63, 3.8) is 0 Å². The molecular formula is C22H28N2O4S. The number of rotatable bonds is 6. The van der Waals surface area contributed by atoms with Gasteiger partial charge in [0.05, 0.1) is 12.0 Å². The summed E-state index contributed by atoms with van der Waals surface area (Å²) in [6.45, 7) is 1.58. The Hall–Kier alpha value is -2.38. The molecule has 1 amide bonds. The highest BCUT2D eigenvalue weighted by molar-refractivity contribution is 7.89. The van der Waals surface area contributed by atoms with Crippen LogP contribution in [0.4, 0.5) is 0 Å². The van der Waals surface area contributed by atoms with E-state index in [1.54, 1.807) is 35.5 Å². The third-order valence-corrected chi connectivity index (χ3v) is 7.14. The Morgan fingerprint density at radius 2 is 1.55 bits per heavy atom. The van der Waals surface area contributed by atoms with Crippen molar-refractivity contribution in [2.75, 3.05) is 27.2 Å². The average Bonchev–Trinajstić information content (AvgIpc) is 3.04. The molecule has 3 rings (SSSR count). The fraction of sp³-hybridized carbons (Fsp3) is 0.409. The summed E-state index contributed by atoms with van der Waals surface area (Å²) < 4.78 is 32.4. The van der Waals surface area contributed by atoms with Crippen LogP contribution in [0.1, 0.15) is 41.6 Å². The van der Waals surface area contributed by atoms with Crippen molar-refractivity contribution < 1.29 is 17.9 Å². The van der Waals surface area contributed by atoms with Crippen LogP contribution in [0, 0.1) is 0 Å². The van der Waals surface area contributed by atoms with Crippen LogP contribution >= 0.6 is 0 Å². The molecule has 0 bridgehead atoms. The van der Waals surface area contributed by atoms with E-state index in [9.17, 15) is 13.2 Å². The minimum absolute atomic E-state index is 0.153. The lowest BCUT2D eigenvalue weighted by Crippen LogP contribution is -2.32. The van der Waals surface area contributed by atoms with Crippen molar-refractivity contribution in [2.45, 2.75) is 37.1 Å². The molecule has 1 heterocycles. The number of carbonyl (C=O) groups is 1. The zero-order valence-electron chi connectivity index (χ0n) is 17.0. The predicted molar refractivity (Wildman–Crippen MR) is 112 cm³/mol. The Bertz CT molecular complexity index is 916. The van der Waals surface area contributed by atoms with Gasteiger partial charge in [0.25, 0.3) is 5.91 Å². The van der Waals surface area contributed by atoms with Crippen LogP contribution in [0.25, 0.3) is 0 Å². The number of hydrogen-bond donors (Lipinski definition) is 0. The van der Waals surface area contributed by atoms with Gasteiger partial charge in [-0.25, -0.2) is 8.42 Å². The van der Waals surface area contributed by atoms with E-state index in [2.05, 4.69) is 0 Å². The van der Waals surface area contributed by atoms with Crippen LogP contribution in [0.5, 0.6) is 5.75 Å². The van der Waals surface area contributed by atoms with Crippen LogP contribution in [0.3, 0.4) is 0 Å². The summed E-state index contributed by atoms with van der Waals surface area (Å²) in [6.07, 6.45) is 3.93. The molecule has 0 spiro atoms. The summed E-state index contributed by atoms with van der Waals surface area (Å²) in [5, 5.41) is 0. The molecule has 6 nitrogen and oxygen atoms in total. The Labute approximate surface area is 173 Å². The van der Waals surface area contributed by atoms with Crippen LogP contribution in [-0.2, 0) is 16.6 Å². The smallest absolute Gasteiger partial charge is 0.253 e. The summed E-state index contributed by atoms with van der Waals surface area (Å²) in [5.41, 5.74) is 1.46. The first-order chi connectivity index (χ1) is 13.9. The Kier molecular flexibility index (Phi) is 6.92. The number of ether oxygens (including phenoxy) is 1. The topological polar surface area (TPSA) is 66.9 Å². The first kappa shape index (κ1) is 21.3. The second kappa shape index (κ2) is 9.41. The maximum absolute atomic E-state index is 12.9. The molecule has 2 aromatic rings. The van der Waals surface area contributed by atoms with E-state index < -0.39 is 10.0 Å². The van der Waals surface area contributed by atoms with Crippen LogP contribution < -0.4 is 4.74 Å². The van der Waals surface area contributed by atoms with Gasteiger partial charge in [-0.1, -0.05) is 25.0 Å². The van der Waals surface area contributed by atoms with Crippen molar-refractivity contribution in [3.8, 4) is 5.75 Å². The molecule has 1 fully saturated rings. The van der Waals surface area contributed by atoms with Crippen LogP contribution in [-0.4, -0.2) is 50.8 Å². The first-order valence-electron chi connectivity index (χ1n) is 9.90. The molecule has 0 atom stereocenters. The van der Waals surface area contributed by atoms with Crippen LogP contribution in [0.15, 0.2) is 53.4 Å². The zero-order valence-corrected chi connectivity index (χ0v) is 17.8. The Morgan fingerprint density at radius 3 is 2.10 bits per heavy atom. The normalized spacial score (nSPS) is 15.5. The molecule has 0 radical (unpaired) electrons. The predicted octanol–water partition coefficient (Wildman–Crippen LogP) is 3.53. The molecule has 2 aromatic carbocycles. The summed E-state index contributed by atoms with van der Waals surface area (Å²) in [5.74, 6) is 0.614. The highest BCUT2D eigenvalue weighted by Crippen LogP contribution is 2.21. The molecule has 0 saturated carbocycles. The van der Waals surface area contributed by atoms with Gasteiger partial charge in [-0.3, -0.25) is 4.79 Å². The lowest BCUT2D eigenvalue weighted by Gasteiger charge is -2.20. The molecule has 0 aliphatic carbocycles. The monoisotopic (exact) mass is 416 g/mol. The zero-order chi connectivity index (χ0) is 20.9. The Morgan fingerprint density at radius 1 is 0.966 bits per heavy atom. The van der Waals surface area contributed by atoms with E-state index in [4.69, 9.17) is 4.74 Å². The molecule has 1 aliphatic rings. The third kappa shape index (κ3) is 5.16. The maximum Gasteiger partial charge on any atom is 0.253 e. The fourth-order valence-corrected chi connectivity index (χ4v) is 5.01. The number of carbonyl (C=O) groups excluding carboxylic acids is 1. The minimum atomic E-state index is -3.51. The van der Waals surface area contributed by atoms with Gasteiger partial charge >= 0.3 is 0 Å². The molecule has 29 heavy (non-hydrogen) atoms. The standard InChI is InChI=1S/C22H28N2O4S/c1-23(17-18-7-11-20(28-2)12-8-18)22(25)19-9-13-21(14-10-19)29(26,27)24-15-5-3-4-6-16-24/h7-14H,3-6,15-17H2,1-2H3. The third-order valence-electron chi connectivity index (χ3n) is 5.23. The number of sulfonamides is 1. The number of benzene rings is 2. The number of hydrogen-bond acceptors (Lipinski definition) is 4. The molecule has 1 saturated heterocycles. The SMILES string of the molecule is COc1ccc(CN(C)C(=O)c2ccc(S(=O)(=O)N3CCCCCC3)cc2)cc1. The average molecular weight is 417 g/mol. The van der Waals surface area contributed by atoms with Crippen LogP contribution in [0.2, 0.25) is 0 Å². The van der Waals surface area contributed by atoms with E-state index in [0.717, 1.165) is 37.0 Å². The highest BCUT2D eigenvalue weighted by atomic mass is 32.2. The number of nitrogens with zero attached hydrogens (tertiary/aromatic N) is 2. The Balaban J connectivity index is 1.68. The van der Waals surface area contributed by atoms with Gasteiger partial charge in [0, 0.05) is 32.2 Å². The summed E-state index contributed by atoms with van der Waals surface area (Å²) in [6, 6.07) is 13.8. The summed E-state index contributed by atoms with van der Waals surface area (Å²) >= 11 is 0. The number of methoxy groups -OCH3 is 1. The van der Waals surface area contributed by atoms with E-state index in [1.807, 2.05) is 24.3 Å². The lowest BCUT2D eigenvalue weighted by molar-refractivity contribution is 0.0785. The number of amides is 1. The van der Waals surface area contributed by atoms with Gasteiger partial charge in [-0.05, 0) is 54.8 Å². The van der Waals surface area contributed by atoms with Crippen molar-refractivity contribution in [1.29, 1.82) is 0 Å². The van der Waals surface area contributed by atoms with Gasteiger partial charge < -0.3 is 9.64 Å². The second-order valence-corrected chi connectivity index (χ2v) is 9.29. The first-order valence-corrected chi connectivity index (χ1v) is 11.3. The van der Waals surface area contributed by atoms with E-state index in [1.165, 1.54) is 12.1 Å². The van der Waals surface area contributed by atoms with Gasteiger partial charge in [0.1, 0.15) is 5.75 Å². The molecule has 0 aromatic heterocycles. The summed E-state index contributed by atoms with van der Waals surface area (Å²) in [7, 11) is -0.164. The molecule has 1 aliphatic heterocycles. The fourth-order valence-electron chi connectivity index (χ4n) is 3.50. The van der Waals surface area contributed by atoms with Crippen molar-refractivity contribution in [3.05, 3.63) is 59.7 Å². The lowest BCUT2D eigenvalue weighted by atomic mass is 10.1. The summed E-state index contributed by atoms with van der Waals surface area (Å²) in [4.78, 5) is 14.6. The molecule has 156 valence electrons. The van der Waals surface area contributed by atoms with Gasteiger partial charge in [-0.2, -0.15) is 4.31 Å². The van der Waals surface area contributed by atoms with E-state index in [0.29, 0.717) is 25.2 Å². The largest absolute Gasteiger partial charge is 0.497 e.